The Morgan fingerprint density at radius 1 is 0.667 bits per heavy atom. The second-order valence-corrected chi connectivity index (χ2v) is 6.84. The summed E-state index contributed by atoms with van der Waals surface area (Å²) in [6, 6.07) is 0. The molecular formula is C20H39NO3. The quantitative estimate of drug-likeness (QED) is 0.326. The summed E-state index contributed by atoms with van der Waals surface area (Å²) in [5.74, 6) is -0.887. The summed E-state index contributed by atoms with van der Waals surface area (Å²) in [6.07, 6.45) is 18.8. The summed E-state index contributed by atoms with van der Waals surface area (Å²) in [5.41, 5.74) is 0. The highest BCUT2D eigenvalue weighted by Crippen LogP contribution is 2.13. The Morgan fingerprint density at radius 2 is 1.08 bits per heavy atom. The van der Waals surface area contributed by atoms with Crippen molar-refractivity contribution in [1.29, 1.82) is 0 Å². The summed E-state index contributed by atoms with van der Waals surface area (Å²) >= 11 is 0. The summed E-state index contributed by atoms with van der Waals surface area (Å²) in [6.45, 7) is 2.50. The van der Waals surface area contributed by atoms with Gasteiger partial charge < -0.3 is 10.4 Å². The van der Waals surface area contributed by atoms with Crippen LogP contribution >= 0.6 is 0 Å². The Labute approximate surface area is 148 Å². The average molecular weight is 342 g/mol. The monoisotopic (exact) mass is 341 g/mol. The normalized spacial score (nSPS) is 10.7. The number of nitrogens with one attached hydrogen (secondary N) is 1. The molecule has 0 aliphatic rings. The minimum absolute atomic E-state index is 0.00444. The van der Waals surface area contributed by atoms with Crippen LogP contribution in [0.1, 0.15) is 110 Å². The van der Waals surface area contributed by atoms with Crippen LogP contribution < -0.4 is 5.32 Å². The van der Waals surface area contributed by atoms with E-state index in [-0.39, 0.29) is 18.9 Å². The largest absolute Gasteiger partial charge is 0.481 e. The van der Waals surface area contributed by atoms with Crippen molar-refractivity contribution in [1.82, 2.24) is 5.32 Å². The van der Waals surface area contributed by atoms with Crippen molar-refractivity contribution >= 4 is 11.9 Å². The van der Waals surface area contributed by atoms with Gasteiger partial charge in [-0.15, -0.1) is 0 Å². The lowest BCUT2D eigenvalue weighted by atomic mass is 10.0. The predicted molar refractivity (Wildman–Crippen MR) is 100 cm³/mol. The van der Waals surface area contributed by atoms with Gasteiger partial charge in [-0.3, -0.25) is 9.59 Å². The van der Waals surface area contributed by atoms with Crippen LogP contribution in [0.3, 0.4) is 0 Å². The zero-order valence-electron chi connectivity index (χ0n) is 15.8. The topological polar surface area (TPSA) is 66.4 Å². The van der Waals surface area contributed by atoms with Crippen molar-refractivity contribution in [2.75, 3.05) is 6.54 Å². The molecule has 0 atom stereocenters. The van der Waals surface area contributed by atoms with E-state index in [0.29, 0.717) is 6.42 Å². The second-order valence-electron chi connectivity index (χ2n) is 6.84. The lowest BCUT2D eigenvalue weighted by Gasteiger charge is -2.04. The highest BCUT2D eigenvalue weighted by molar-refractivity contribution is 5.76. The van der Waals surface area contributed by atoms with Crippen LogP contribution in [0, 0.1) is 0 Å². The molecule has 2 N–H and O–H groups in total. The Balaban J connectivity index is 3.12. The van der Waals surface area contributed by atoms with Gasteiger partial charge in [0.25, 0.3) is 0 Å². The maximum Gasteiger partial charge on any atom is 0.305 e. The Morgan fingerprint density at radius 3 is 1.50 bits per heavy atom. The number of aliphatic carboxylic acids is 1. The van der Waals surface area contributed by atoms with E-state index in [9.17, 15) is 9.59 Å². The molecule has 0 unspecified atom stereocenters. The molecule has 0 aromatic heterocycles. The molecule has 0 saturated carbocycles. The molecule has 0 rings (SSSR count). The van der Waals surface area contributed by atoms with Crippen LogP contribution in [0.15, 0.2) is 0 Å². The van der Waals surface area contributed by atoms with Gasteiger partial charge in [-0.25, -0.2) is 0 Å². The maximum absolute atomic E-state index is 11.4. The lowest BCUT2D eigenvalue weighted by molar-refractivity contribution is -0.136. The van der Waals surface area contributed by atoms with Crippen LogP contribution in [0.2, 0.25) is 0 Å². The molecule has 24 heavy (non-hydrogen) atoms. The fraction of sp³-hybridized carbons (Fsp3) is 0.900. The van der Waals surface area contributed by atoms with E-state index < -0.39 is 5.97 Å². The Bertz CT molecular complexity index is 305. The number of carbonyl (C=O) groups is 2. The van der Waals surface area contributed by atoms with Crippen LogP contribution in [0.4, 0.5) is 0 Å². The van der Waals surface area contributed by atoms with E-state index >= 15 is 0 Å². The van der Waals surface area contributed by atoms with Gasteiger partial charge in [0.1, 0.15) is 0 Å². The molecule has 0 spiro atoms. The summed E-state index contributed by atoms with van der Waals surface area (Å²) < 4.78 is 0. The number of rotatable bonds is 18. The zero-order valence-corrected chi connectivity index (χ0v) is 15.8. The SMILES string of the molecule is CCCCCCCCCCCCCCCCC(=O)NCCC(=O)O. The van der Waals surface area contributed by atoms with E-state index in [1.807, 2.05) is 0 Å². The van der Waals surface area contributed by atoms with E-state index in [1.165, 1.54) is 77.0 Å². The molecule has 142 valence electrons. The number of hydrogen-bond acceptors (Lipinski definition) is 2. The predicted octanol–water partition coefficient (Wildman–Crippen LogP) is 5.45. The minimum atomic E-state index is -0.869. The lowest BCUT2D eigenvalue weighted by Crippen LogP contribution is -2.25. The molecule has 0 fully saturated rings. The standard InChI is InChI=1S/C20H39NO3/c1-2-3-4-5-6-7-8-9-10-11-12-13-14-15-16-19(22)21-18-17-20(23)24/h2-18H2,1H3,(H,21,22)(H,23,24). The van der Waals surface area contributed by atoms with Gasteiger partial charge in [0, 0.05) is 13.0 Å². The molecule has 0 heterocycles. The number of carbonyl (C=O) groups excluding carboxylic acids is 1. The molecule has 4 nitrogen and oxygen atoms in total. The van der Waals surface area contributed by atoms with E-state index in [2.05, 4.69) is 12.2 Å². The number of amides is 1. The number of carboxylic acid groups (broad SMARTS) is 1. The smallest absolute Gasteiger partial charge is 0.305 e. The van der Waals surface area contributed by atoms with Crippen molar-refractivity contribution in [3.63, 3.8) is 0 Å². The minimum Gasteiger partial charge on any atom is -0.481 e. The maximum atomic E-state index is 11.4. The molecule has 0 aromatic carbocycles. The fourth-order valence-electron chi connectivity index (χ4n) is 2.88. The van der Waals surface area contributed by atoms with Crippen LogP contribution in [0.5, 0.6) is 0 Å². The first-order chi connectivity index (χ1) is 11.7. The molecule has 0 aromatic rings. The molecular weight excluding hydrogens is 302 g/mol. The number of unbranched alkanes of at least 4 members (excludes halogenated alkanes) is 13. The van der Waals surface area contributed by atoms with Crippen molar-refractivity contribution in [3.05, 3.63) is 0 Å². The Hall–Kier alpha value is -1.06. The van der Waals surface area contributed by atoms with Crippen molar-refractivity contribution in [2.24, 2.45) is 0 Å². The zero-order chi connectivity index (χ0) is 17.9. The van der Waals surface area contributed by atoms with Crippen LogP contribution in [-0.2, 0) is 9.59 Å². The van der Waals surface area contributed by atoms with E-state index in [1.54, 1.807) is 0 Å². The van der Waals surface area contributed by atoms with E-state index in [0.717, 1.165) is 12.8 Å². The highest BCUT2D eigenvalue weighted by Gasteiger charge is 2.02. The molecule has 0 bridgehead atoms. The number of carboxylic acids is 1. The van der Waals surface area contributed by atoms with Crippen molar-refractivity contribution in [3.8, 4) is 0 Å². The Kier molecular flexibility index (Phi) is 17.5. The molecule has 0 saturated heterocycles. The third-order valence-electron chi connectivity index (χ3n) is 4.42. The van der Waals surface area contributed by atoms with Gasteiger partial charge in [-0.05, 0) is 6.42 Å². The first kappa shape index (κ1) is 22.9. The summed E-state index contributed by atoms with van der Waals surface area (Å²) in [7, 11) is 0. The summed E-state index contributed by atoms with van der Waals surface area (Å²) in [5, 5.41) is 11.1. The highest BCUT2D eigenvalue weighted by atomic mass is 16.4. The third-order valence-corrected chi connectivity index (χ3v) is 4.42. The molecule has 0 aliphatic heterocycles. The van der Waals surface area contributed by atoms with Crippen LogP contribution in [0.25, 0.3) is 0 Å². The van der Waals surface area contributed by atoms with Gasteiger partial charge >= 0.3 is 5.97 Å². The fourth-order valence-corrected chi connectivity index (χ4v) is 2.88. The average Bonchev–Trinajstić information content (AvgIpc) is 2.55. The molecule has 0 aliphatic carbocycles. The molecule has 4 heteroatoms. The van der Waals surface area contributed by atoms with Gasteiger partial charge in [0.05, 0.1) is 6.42 Å². The molecule has 0 radical (unpaired) electrons. The first-order valence-electron chi connectivity index (χ1n) is 10.1. The first-order valence-corrected chi connectivity index (χ1v) is 10.1. The molecule has 1 amide bonds. The van der Waals surface area contributed by atoms with Gasteiger partial charge in [0.15, 0.2) is 0 Å². The van der Waals surface area contributed by atoms with Gasteiger partial charge in [-0.1, -0.05) is 90.4 Å². The second kappa shape index (κ2) is 18.3. The number of hydrogen-bond donors (Lipinski definition) is 2. The van der Waals surface area contributed by atoms with Gasteiger partial charge in [0.2, 0.25) is 5.91 Å². The van der Waals surface area contributed by atoms with Gasteiger partial charge in [-0.2, -0.15) is 0 Å². The van der Waals surface area contributed by atoms with Crippen molar-refractivity contribution in [2.45, 2.75) is 110 Å². The third kappa shape index (κ3) is 19.0. The van der Waals surface area contributed by atoms with Crippen LogP contribution in [-0.4, -0.2) is 23.5 Å². The van der Waals surface area contributed by atoms with Crippen molar-refractivity contribution < 1.29 is 14.7 Å². The van der Waals surface area contributed by atoms with E-state index in [4.69, 9.17) is 5.11 Å². The summed E-state index contributed by atoms with van der Waals surface area (Å²) in [4.78, 5) is 21.8.